The molecule has 1 unspecified atom stereocenters. The summed E-state index contributed by atoms with van der Waals surface area (Å²) in [5.41, 5.74) is 1.43. The first-order valence-corrected chi connectivity index (χ1v) is 10.4. The molecule has 0 amide bonds. The van der Waals surface area contributed by atoms with Gasteiger partial charge in [0.15, 0.2) is 0 Å². The fraction of sp³-hybridized carbons (Fsp3) is 0.625. The number of alkyl halides is 1. The van der Waals surface area contributed by atoms with E-state index >= 15 is 0 Å². The fourth-order valence-electron chi connectivity index (χ4n) is 2.81. The van der Waals surface area contributed by atoms with Crippen molar-refractivity contribution < 1.29 is 0 Å². The molecular formula is C16H27ClSi. The van der Waals surface area contributed by atoms with E-state index in [-0.39, 0.29) is 0 Å². The van der Waals surface area contributed by atoms with Gasteiger partial charge in [-0.2, -0.15) is 0 Å². The Balaban J connectivity index is 2.87. The molecule has 0 aliphatic carbocycles. The summed E-state index contributed by atoms with van der Waals surface area (Å²) >= 11 is 5.88. The molecule has 0 aliphatic rings. The molecule has 1 atom stereocenters. The molecule has 0 radical (unpaired) electrons. The molecule has 0 aromatic heterocycles. The van der Waals surface area contributed by atoms with Crippen LogP contribution in [0.15, 0.2) is 24.3 Å². The molecule has 0 fully saturated rings. The zero-order valence-corrected chi connectivity index (χ0v) is 14.1. The van der Waals surface area contributed by atoms with Crippen LogP contribution < -0.4 is 5.19 Å². The molecule has 0 saturated heterocycles. The van der Waals surface area contributed by atoms with E-state index in [4.69, 9.17) is 11.6 Å². The third-order valence-electron chi connectivity index (χ3n) is 4.44. The highest BCUT2D eigenvalue weighted by Crippen LogP contribution is 2.20. The highest BCUT2D eigenvalue weighted by molar-refractivity contribution is 6.91. The van der Waals surface area contributed by atoms with Gasteiger partial charge in [0.25, 0.3) is 0 Å². The number of benzene rings is 1. The summed E-state index contributed by atoms with van der Waals surface area (Å²) in [4.78, 5) is 0. The first-order valence-electron chi connectivity index (χ1n) is 7.27. The van der Waals surface area contributed by atoms with Gasteiger partial charge in [-0.25, -0.2) is 0 Å². The standard InChI is InChI=1S/C16H27ClSi/c1-5-18(6-2,7-3)16-10-8-15(9-11-16)12-14(4)13-17/h8-11,14H,5-7,12-13H2,1-4H3. The molecule has 0 spiro atoms. The lowest BCUT2D eigenvalue weighted by Gasteiger charge is -2.28. The van der Waals surface area contributed by atoms with Crippen molar-refractivity contribution in [3.63, 3.8) is 0 Å². The van der Waals surface area contributed by atoms with Gasteiger partial charge >= 0.3 is 0 Å². The number of rotatable bonds is 7. The molecule has 1 rings (SSSR count). The highest BCUT2D eigenvalue weighted by atomic mass is 35.5. The summed E-state index contributed by atoms with van der Waals surface area (Å²) in [6.07, 6.45) is 1.10. The molecule has 0 nitrogen and oxygen atoms in total. The first kappa shape index (κ1) is 15.8. The van der Waals surface area contributed by atoms with Crippen LogP contribution in [0.25, 0.3) is 0 Å². The molecule has 2 heteroatoms. The Bertz CT molecular complexity index is 332. The van der Waals surface area contributed by atoms with Crippen molar-refractivity contribution in [1.29, 1.82) is 0 Å². The van der Waals surface area contributed by atoms with E-state index in [1.807, 2.05) is 0 Å². The second-order valence-electron chi connectivity index (χ2n) is 5.50. The summed E-state index contributed by atoms with van der Waals surface area (Å²) in [6, 6.07) is 13.5. The summed E-state index contributed by atoms with van der Waals surface area (Å²) in [5.74, 6) is 1.32. The van der Waals surface area contributed by atoms with E-state index in [1.165, 1.54) is 23.7 Å². The Morgan fingerprint density at radius 1 is 1.00 bits per heavy atom. The summed E-state index contributed by atoms with van der Waals surface area (Å²) in [5, 5.41) is 1.64. The maximum absolute atomic E-state index is 5.88. The Labute approximate surface area is 119 Å². The van der Waals surface area contributed by atoms with Crippen molar-refractivity contribution in [2.75, 3.05) is 5.88 Å². The van der Waals surface area contributed by atoms with Crippen LogP contribution in [0, 0.1) is 5.92 Å². The van der Waals surface area contributed by atoms with E-state index in [9.17, 15) is 0 Å². The highest BCUT2D eigenvalue weighted by Gasteiger charge is 2.28. The minimum Gasteiger partial charge on any atom is -0.126 e. The first-order chi connectivity index (χ1) is 8.61. The van der Waals surface area contributed by atoms with Crippen molar-refractivity contribution in [3.05, 3.63) is 29.8 Å². The molecule has 0 aliphatic heterocycles. The molecule has 0 saturated carbocycles. The third kappa shape index (κ3) is 3.61. The summed E-state index contributed by atoms with van der Waals surface area (Å²) < 4.78 is 0. The predicted molar refractivity (Wildman–Crippen MR) is 86.9 cm³/mol. The van der Waals surface area contributed by atoms with Crippen LogP contribution in [-0.2, 0) is 6.42 Å². The van der Waals surface area contributed by atoms with Crippen molar-refractivity contribution in [2.45, 2.75) is 52.2 Å². The molecule has 18 heavy (non-hydrogen) atoms. The van der Waals surface area contributed by atoms with Crippen molar-refractivity contribution in [1.82, 2.24) is 0 Å². The second kappa shape index (κ2) is 7.35. The molecule has 1 aromatic carbocycles. The fourth-order valence-corrected chi connectivity index (χ4v) is 6.52. The predicted octanol–water partition coefficient (Wildman–Crippen LogP) is 4.82. The summed E-state index contributed by atoms with van der Waals surface area (Å²) in [6.45, 7) is 9.30. The maximum Gasteiger partial charge on any atom is 0.0859 e. The zero-order chi connectivity index (χ0) is 13.6. The van der Waals surface area contributed by atoms with Gasteiger partial charge in [0.05, 0.1) is 8.07 Å². The molecule has 0 heterocycles. The molecule has 1 aromatic rings. The maximum atomic E-state index is 5.88. The molecule has 0 bridgehead atoms. The Hall–Kier alpha value is -0.273. The SMILES string of the molecule is CC[Si](CC)(CC)c1ccc(CC(C)CCl)cc1. The smallest absolute Gasteiger partial charge is 0.0859 e. The van der Waals surface area contributed by atoms with Gasteiger partial charge in [0.2, 0.25) is 0 Å². The van der Waals surface area contributed by atoms with Crippen LogP contribution in [0.3, 0.4) is 0 Å². The monoisotopic (exact) mass is 282 g/mol. The van der Waals surface area contributed by atoms with E-state index < -0.39 is 8.07 Å². The van der Waals surface area contributed by atoms with Crippen LogP contribution >= 0.6 is 11.6 Å². The average molecular weight is 283 g/mol. The molecule has 0 N–H and O–H groups in total. The number of hydrogen-bond acceptors (Lipinski definition) is 0. The van der Waals surface area contributed by atoms with Gasteiger partial charge in [-0.3, -0.25) is 0 Å². The minimum absolute atomic E-state index is 0.572. The molecule has 102 valence electrons. The van der Waals surface area contributed by atoms with Crippen LogP contribution in [0.2, 0.25) is 18.1 Å². The third-order valence-corrected chi connectivity index (χ3v) is 10.6. The Morgan fingerprint density at radius 3 is 1.89 bits per heavy atom. The molecular weight excluding hydrogens is 256 g/mol. The van der Waals surface area contributed by atoms with Crippen LogP contribution in [-0.4, -0.2) is 14.0 Å². The van der Waals surface area contributed by atoms with E-state index in [0.717, 1.165) is 12.3 Å². The Morgan fingerprint density at radius 2 is 1.50 bits per heavy atom. The normalized spacial score (nSPS) is 13.6. The topological polar surface area (TPSA) is 0 Å². The summed E-state index contributed by atoms with van der Waals surface area (Å²) in [7, 11) is -1.19. The number of hydrogen-bond donors (Lipinski definition) is 0. The quantitative estimate of drug-likeness (QED) is 0.497. The van der Waals surface area contributed by atoms with Crippen molar-refractivity contribution in [3.8, 4) is 0 Å². The average Bonchev–Trinajstić information content (AvgIpc) is 2.43. The van der Waals surface area contributed by atoms with E-state index in [0.29, 0.717) is 5.92 Å². The van der Waals surface area contributed by atoms with E-state index in [1.54, 1.807) is 5.19 Å². The Kier molecular flexibility index (Phi) is 6.44. The lowest BCUT2D eigenvalue weighted by Crippen LogP contribution is -2.45. The van der Waals surface area contributed by atoms with Crippen LogP contribution in [0.1, 0.15) is 33.3 Å². The van der Waals surface area contributed by atoms with Crippen molar-refractivity contribution >= 4 is 24.9 Å². The van der Waals surface area contributed by atoms with Gasteiger partial charge in [-0.1, -0.05) is 75.3 Å². The largest absolute Gasteiger partial charge is 0.126 e. The lowest BCUT2D eigenvalue weighted by molar-refractivity contribution is 0.655. The van der Waals surface area contributed by atoms with Crippen LogP contribution in [0.4, 0.5) is 0 Å². The minimum atomic E-state index is -1.19. The van der Waals surface area contributed by atoms with Crippen molar-refractivity contribution in [2.24, 2.45) is 5.92 Å². The van der Waals surface area contributed by atoms with Gasteiger partial charge in [0.1, 0.15) is 0 Å². The second-order valence-corrected chi connectivity index (χ2v) is 11.1. The zero-order valence-electron chi connectivity index (χ0n) is 12.3. The van der Waals surface area contributed by atoms with Gasteiger partial charge in [0, 0.05) is 5.88 Å². The lowest BCUT2D eigenvalue weighted by atomic mass is 10.0. The number of halogens is 1. The van der Waals surface area contributed by atoms with Gasteiger partial charge in [-0.05, 0) is 17.9 Å². The van der Waals surface area contributed by atoms with Crippen LogP contribution in [0.5, 0.6) is 0 Å². The van der Waals surface area contributed by atoms with Gasteiger partial charge in [-0.15, -0.1) is 11.6 Å². The van der Waals surface area contributed by atoms with Gasteiger partial charge < -0.3 is 0 Å². The van der Waals surface area contributed by atoms with E-state index in [2.05, 4.69) is 52.0 Å².